The van der Waals surface area contributed by atoms with E-state index in [1.165, 1.54) is 0 Å². The highest BCUT2D eigenvalue weighted by Gasteiger charge is 2.32. The Balaban J connectivity index is 1.94. The summed E-state index contributed by atoms with van der Waals surface area (Å²) in [5.74, 6) is 5.87. The first kappa shape index (κ1) is 17.2. The fourth-order valence-electron chi connectivity index (χ4n) is 3.43. The third-order valence-electron chi connectivity index (χ3n) is 4.66. The fraction of sp³-hybridized carbons (Fsp3) is 0.474. The standard InChI is InChI=1S/C19H23FN2OS/c1-4-7-18-13(5-2)14-8-6-9-17(19(14)24(18)23)21-16-10-11-22(3)12-15(16)20/h6,8-9,15-16,21H,5,10-12H2,1-3H3/t15-,16+,24?/m1/s1. The van der Waals surface area contributed by atoms with Crippen molar-refractivity contribution in [3.63, 3.8) is 0 Å². The largest absolute Gasteiger partial charge is 0.378 e. The number of anilines is 1. The zero-order chi connectivity index (χ0) is 17.3. The van der Waals surface area contributed by atoms with Gasteiger partial charge in [0.2, 0.25) is 0 Å². The number of nitrogens with zero attached hydrogens (tertiary/aromatic N) is 1. The Morgan fingerprint density at radius 2 is 2.25 bits per heavy atom. The van der Waals surface area contributed by atoms with E-state index in [9.17, 15) is 8.60 Å². The van der Waals surface area contributed by atoms with Crippen LogP contribution in [0.1, 0.15) is 32.3 Å². The van der Waals surface area contributed by atoms with Crippen LogP contribution in [0.25, 0.3) is 5.57 Å². The quantitative estimate of drug-likeness (QED) is 0.852. The van der Waals surface area contributed by atoms with E-state index in [1.807, 2.05) is 37.1 Å². The molecule has 0 saturated carbocycles. The molecule has 0 spiro atoms. The number of hydrogen-bond acceptors (Lipinski definition) is 3. The Morgan fingerprint density at radius 1 is 1.46 bits per heavy atom. The van der Waals surface area contributed by atoms with E-state index in [-0.39, 0.29) is 6.04 Å². The maximum atomic E-state index is 14.4. The fourth-order valence-corrected chi connectivity index (χ4v) is 5.02. The first-order valence-electron chi connectivity index (χ1n) is 8.37. The van der Waals surface area contributed by atoms with Gasteiger partial charge in [0.05, 0.1) is 32.3 Å². The summed E-state index contributed by atoms with van der Waals surface area (Å²) >= 11 is 0. The molecule has 0 bridgehead atoms. The minimum atomic E-state index is -1.29. The van der Waals surface area contributed by atoms with Gasteiger partial charge in [-0.1, -0.05) is 25.0 Å². The second kappa shape index (κ2) is 7.08. The van der Waals surface area contributed by atoms with Gasteiger partial charge in [-0.2, -0.15) is 0 Å². The molecule has 1 saturated heterocycles. The van der Waals surface area contributed by atoms with Crippen LogP contribution in [-0.2, 0) is 10.8 Å². The summed E-state index contributed by atoms with van der Waals surface area (Å²) in [6.07, 6.45) is 0.596. The van der Waals surface area contributed by atoms with Crippen molar-refractivity contribution in [3.05, 3.63) is 28.7 Å². The topological polar surface area (TPSA) is 32.3 Å². The summed E-state index contributed by atoms with van der Waals surface area (Å²) in [5, 5.41) is 3.32. The van der Waals surface area contributed by atoms with E-state index >= 15 is 0 Å². The Labute approximate surface area is 145 Å². The molecule has 2 aliphatic heterocycles. The lowest BCUT2D eigenvalue weighted by Crippen LogP contribution is -2.46. The zero-order valence-electron chi connectivity index (χ0n) is 14.4. The highest BCUT2D eigenvalue weighted by molar-refractivity contribution is 7.90. The number of piperidine rings is 1. The molecule has 0 amide bonds. The Hall–Kier alpha value is -1.64. The number of allylic oxidation sites excluding steroid dienone is 2. The van der Waals surface area contributed by atoms with Crippen LogP contribution in [0.3, 0.4) is 0 Å². The van der Waals surface area contributed by atoms with Crippen LogP contribution in [-0.4, -0.2) is 41.5 Å². The molecule has 2 heterocycles. The van der Waals surface area contributed by atoms with Gasteiger partial charge >= 0.3 is 0 Å². The van der Waals surface area contributed by atoms with E-state index in [2.05, 4.69) is 17.2 Å². The number of halogens is 1. The number of alkyl halides is 1. The molecule has 1 N–H and O–H groups in total. The molecule has 1 aromatic carbocycles. The first-order valence-corrected chi connectivity index (χ1v) is 9.52. The number of hydrogen-bond donors (Lipinski definition) is 1. The van der Waals surface area contributed by atoms with E-state index in [0.29, 0.717) is 11.4 Å². The summed E-state index contributed by atoms with van der Waals surface area (Å²) in [5.41, 5.74) is 2.81. The van der Waals surface area contributed by atoms with Crippen molar-refractivity contribution in [2.45, 2.75) is 43.8 Å². The minimum Gasteiger partial charge on any atom is -0.378 e. The zero-order valence-corrected chi connectivity index (χ0v) is 15.2. The number of nitrogens with one attached hydrogen (secondary N) is 1. The van der Waals surface area contributed by atoms with Gasteiger partial charge in [-0.25, -0.2) is 8.60 Å². The average Bonchev–Trinajstić information content (AvgIpc) is 2.83. The van der Waals surface area contributed by atoms with Crippen LogP contribution in [0.15, 0.2) is 28.0 Å². The minimum absolute atomic E-state index is 0.240. The molecule has 1 unspecified atom stereocenters. The van der Waals surface area contributed by atoms with Crippen molar-refractivity contribution < 1.29 is 8.60 Å². The van der Waals surface area contributed by atoms with E-state index in [4.69, 9.17) is 0 Å². The third kappa shape index (κ3) is 3.01. The molecular weight excluding hydrogens is 323 g/mol. The number of benzene rings is 1. The maximum Gasteiger partial charge on any atom is 0.133 e. The number of fused-ring (bicyclic) bond motifs is 1. The summed E-state index contributed by atoms with van der Waals surface area (Å²) < 4.78 is 27.3. The van der Waals surface area contributed by atoms with Gasteiger partial charge in [-0.05, 0) is 44.0 Å². The molecule has 0 radical (unpaired) electrons. The van der Waals surface area contributed by atoms with Crippen LogP contribution >= 0.6 is 0 Å². The van der Waals surface area contributed by atoms with Gasteiger partial charge in [-0.15, -0.1) is 5.92 Å². The molecule has 0 aromatic heterocycles. The van der Waals surface area contributed by atoms with E-state index in [1.54, 1.807) is 6.92 Å². The van der Waals surface area contributed by atoms with Crippen LogP contribution in [0.2, 0.25) is 0 Å². The molecule has 2 aliphatic rings. The summed E-state index contributed by atoms with van der Waals surface area (Å²) in [6.45, 7) is 5.10. The van der Waals surface area contributed by atoms with Crippen molar-refractivity contribution in [2.75, 3.05) is 25.5 Å². The van der Waals surface area contributed by atoms with Crippen molar-refractivity contribution in [2.24, 2.45) is 0 Å². The Morgan fingerprint density at radius 3 is 2.92 bits per heavy atom. The van der Waals surface area contributed by atoms with Crippen LogP contribution in [0.4, 0.5) is 10.1 Å². The molecule has 3 nitrogen and oxygen atoms in total. The van der Waals surface area contributed by atoms with Crippen LogP contribution in [0.5, 0.6) is 0 Å². The van der Waals surface area contributed by atoms with Gasteiger partial charge in [0.15, 0.2) is 0 Å². The maximum absolute atomic E-state index is 14.4. The van der Waals surface area contributed by atoms with Gasteiger partial charge in [0.1, 0.15) is 6.17 Å². The molecule has 24 heavy (non-hydrogen) atoms. The lowest BCUT2D eigenvalue weighted by Gasteiger charge is -2.33. The monoisotopic (exact) mass is 346 g/mol. The highest BCUT2D eigenvalue weighted by atomic mass is 32.2. The smallest absolute Gasteiger partial charge is 0.133 e. The van der Waals surface area contributed by atoms with E-state index in [0.717, 1.165) is 41.1 Å². The first-order chi connectivity index (χ1) is 11.6. The lowest BCUT2D eigenvalue weighted by molar-refractivity contribution is 0.149. The molecule has 3 atom stereocenters. The van der Waals surface area contributed by atoms with Crippen LogP contribution < -0.4 is 5.32 Å². The molecule has 128 valence electrons. The molecule has 1 fully saturated rings. The summed E-state index contributed by atoms with van der Waals surface area (Å²) in [7, 11) is 0.647. The van der Waals surface area contributed by atoms with Crippen molar-refractivity contribution in [3.8, 4) is 11.8 Å². The second-order valence-corrected chi connectivity index (χ2v) is 7.66. The van der Waals surface area contributed by atoms with Crippen molar-refractivity contribution in [1.82, 2.24) is 4.90 Å². The average molecular weight is 346 g/mol. The molecule has 5 heteroatoms. The predicted molar refractivity (Wildman–Crippen MR) is 97.9 cm³/mol. The summed E-state index contributed by atoms with van der Waals surface area (Å²) in [4.78, 5) is 3.46. The molecule has 1 aromatic rings. The van der Waals surface area contributed by atoms with E-state index < -0.39 is 17.0 Å². The van der Waals surface area contributed by atoms with Gasteiger partial charge in [0, 0.05) is 13.1 Å². The summed E-state index contributed by atoms with van der Waals surface area (Å²) in [6, 6.07) is 5.59. The van der Waals surface area contributed by atoms with Gasteiger partial charge < -0.3 is 10.2 Å². The Kier molecular flexibility index (Phi) is 5.07. The molecular formula is C19H23FN2OS. The van der Waals surface area contributed by atoms with Gasteiger partial charge in [-0.3, -0.25) is 0 Å². The number of rotatable bonds is 3. The van der Waals surface area contributed by atoms with Gasteiger partial charge in [0.25, 0.3) is 0 Å². The Bertz CT molecular complexity index is 762. The lowest BCUT2D eigenvalue weighted by atomic mass is 10.0. The normalized spacial score (nSPS) is 26.8. The third-order valence-corrected chi connectivity index (χ3v) is 6.19. The highest BCUT2D eigenvalue weighted by Crippen LogP contribution is 2.42. The molecule has 0 aliphatic carbocycles. The SMILES string of the molecule is CC#CC1=C(CC)c2cccc(N[C@H]3CCN(C)C[C@H]3F)c2S1=O. The van der Waals surface area contributed by atoms with Crippen LogP contribution in [0, 0.1) is 11.8 Å². The predicted octanol–water partition coefficient (Wildman–Crippen LogP) is 3.41. The van der Waals surface area contributed by atoms with Crippen molar-refractivity contribution >= 4 is 22.1 Å². The number of likely N-dealkylation sites (tertiary alicyclic amines) is 1. The second-order valence-electron chi connectivity index (χ2n) is 6.30. The molecule has 3 rings (SSSR count). The van der Waals surface area contributed by atoms with Crippen molar-refractivity contribution in [1.29, 1.82) is 0 Å².